The third kappa shape index (κ3) is 2.95. The molecule has 1 amide bonds. The molecule has 3 rings (SSSR count). The van der Waals surface area contributed by atoms with E-state index in [9.17, 15) is 14.0 Å². The number of hydrogen-bond donors (Lipinski definition) is 2. The smallest absolute Gasteiger partial charge is 0.323 e. The highest BCUT2D eigenvalue weighted by Crippen LogP contribution is 2.31. The van der Waals surface area contributed by atoms with Crippen molar-refractivity contribution in [1.29, 1.82) is 0 Å². The quantitative estimate of drug-likeness (QED) is 0.895. The Morgan fingerprint density at radius 2 is 2.14 bits per heavy atom. The van der Waals surface area contributed by atoms with Crippen molar-refractivity contribution >= 4 is 5.91 Å². The highest BCUT2D eigenvalue weighted by molar-refractivity contribution is 5.92. The molecule has 116 valence electrons. The standard InChI is InChI=1S/C16H18FN3O2/c17-12-6-4-5-11(9-12)14-7-2-1-3-8-20(14)15(21)13-10-18-16(22)19-13/h4-6,9-10,14H,1-3,7-8H2,(H2,18,19,22). The second-order valence-electron chi connectivity index (χ2n) is 5.58. The molecular formula is C16H18FN3O2. The second-order valence-corrected chi connectivity index (χ2v) is 5.58. The lowest BCUT2D eigenvalue weighted by molar-refractivity contribution is 0.0675. The fourth-order valence-electron chi connectivity index (χ4n) is 3.01. The molecule has 6 heteroatoms. The molecule has 0 saturated carbocycles. The minimum absolute atomic E-state index is 0.163. The first kappa shape index (κ1) is 14.6. The first-order chi connectivity index (χ1) is 10.6. The van der Waals surface area contributed by atoms with Crippen molar-refractivity contribution in [1.82, 2.24) is 14.9 Å². The molecule has 1 fully saturated rings. The Morgan fingerprint density at radius 3 is 2.86 bits per heavy atom. The maximum absolute atomic E-state index is 13.5. The summed E-state index contributed by atoms with van der Waals surface area (Å²) >= 11 is 0. The van der Waals surface area contributed by atoms with Gasteiger partial charge in [0.15, 0.2) is 0 Å². The van der Waals surface area contributed by atoms with Crippen molar-refractivity contribution < 1.29 is 9.18 Å². The lowest BCUT2D eigenvalue weighted by Crippen LogP contribution is -2.35. The maximum Gasteiger partial charge on any atom is 0.323 e. The van der Waals surface area contributed by atoms with Crippen LogP contribution in [0.25, 0.3) is 0 Å². The molecule has 1 unspecified atom stereocenters. The number of halogens is 1. The van der Waals surface area contributed by atoms with Crippen molar-refractivity contribution in [3.05, 3.63) is 58.0 Å². The van der Waals surface area contributed by atoms with Gasteiger partial charge in [0, 0.05) is 12.7 Å². The van der Waals surface area contributed by atoms with E-state index in [2.05, 4.69) is 9.97 Å². The molecule has 1 aromatic heterocycles. The number of nitrogens with zero attached hydrogens (tertiary/aromatic N) is 1. The van der Waals surface area contributed by atoms with Gasteiger partial charge in [0.1, 0.15) is 11.5 Å². The Hall–Kier alpha value is -2.37. The lowest BCUT2D eigenvalue weighted by Gasteiger charge is -2.30. The summed E-state index contributed by atoms with van der Waals surface area (Å²) in [5.41, 5.74) is 0.641. The van der Waals surface area contributed by atoms with Gasteiger partial charge >= 0.3 is 5.69 Å². The molecule has 5 nitrogen and oxygen atoms in total. The SMILES string of the molecule is O=C(c1c[nH]c(=O)[nH]1)N1CCCCCC1c1cccc(F)c1. The minimum atomic E-state index is -0.402. The number of rotatable bonds is 2. The summed E-state index contributed by atoms with van der Waals surface area (Å²) in [6, 6.07) is 6.23. The molecule has 1 atom stereocenters. The Labute approximate surface area is 127 Å². The lowest BCUT2D eigenvalue weighted by atomic mass is 10.0. The zero-order valence-corrected chi connectivity index (χ0v) is 12.1. The molecule has 1 aliphatic rings. The van der Waals surface area contributed by atoms with Crippen molar-refractivity contribution in [3.63, 3.8) is 0 Å². The highest BCUT2D eigenvalue weighted by Gasteiger charge is 2.28. The van der Waals surface area contributed by atoms with Gasteiger partial charge < -0.3 is 14.9 Å². The summed E-state index contributed by atoms with van der Waals surface area (Å²) in [6.45, 7) is 0.604. The molecule has 1 aromatic carbocycles. The van der Waals surface area contributed by atoms with Gasteiger partial charge in [-0.3, -0.25) is 4.79 Å². The molecule has 1 saturated heterocycles. The monoisotopic (exact) mass is 303 g/mol. The van der Waals surface area contributed by atoms with Gasteiger partial charge in [-0.05, 0) is 30.5 Å². The topological polar surface area (TPSA) is 69.0 Å². The van der Waals surface area contributed by atoms with E-state index in [1.807, 2.05) is 6.07 Å². The van der Waals surface area contributed by atoms with Crippen LogP contribution in [0, 0.1) is 5.82 Å². The summed E-state index contributed by atoms with van der Waals surface area (Å²) in [7, 11) is 0. The number of carbonyl (C=O) groups excluding carboxylic acids is 1. The van der Waals surface area contributed by atoms with Crippen molar-refractivity contribution in [2.75, 3.05) is 6.54 Å². The number of benzene rings is 1. The molecule has 2 heterocycles. The van der Waals surface area contributed by atoms with Crippen LogP contribution in [0.3, 0.4) is 0 Å². The van der Waals surface area contributed by atoms with Crippen LogP contribution in [0.15, 0.2) is 35.3 Å². The van der Waals surface area contributed by atoms with Crippen LogP contribution in [-0.2, 0) is 0 Å². The van der Waals surface area contributed by atoms with E-state index in [0.717, 1.165) is 31.2 Å². The van der Waals surface area contributed by atoms with E-state index in [1.54, 1.807) is 11.0 Å². The summed E-state index contributed by atoms with van der Waals surface area (Å²) in [5.74, 6) is -0.529. The van der Waals surface area contributed by atoms with E-state index < -0.39 is 5.69 Å². The van der Waals surface area contributed by atoms with E-state index in [4.69, 9.17) is 0 Å². The third-order valence-electron chi connectivity index (χ3n) is 4.07. The predicted octanol–water partition coefficient (Wildman–Crippen LogP) is 2.60. The number of nitrogens with one attached hydrogen (secondary N) is 2. The summed E-state index contributed by atoms with van der Waals surface area (Å²) in [5, 5.41) is 0. The molecule has 2 aromatic rings. The molecule has 0 spiro atoms. The number of aromatic nitrogens is 2. The van der Waals surface area contributed by atoms with Crippen LogP contribution in [0.2, 0.25) is 0 Å². The molecule has 2 N–H and O–H groups in total. The van der Waals surface area contributed by atoms with E-state index in [-0.39, 0.29) is 23.5 Å². The average molecular weight is 303 g/mol. The van der Waals surface area contributed by atoms with Crippen molar-refractivity contribution in [2.45, 2.75) is 31.7 Å². The number of likely N-dealkylation sites (tertiary alicyclic amines) is 1. The molecule has 0 aliphatic carbocycles. The first-order valence-electron chi connectivity index (χ1n) is 7.49. The van der Waals surface area contributed by atoms with Crippen LogP contribution in [0.1, 0.15) is 47.8 Å². The van der Waals surface area contributed by atoms with Crippen LogP contribution in [0.5, 0.6) is 0 Å². The van der Waals surface area contributed by atoms with Gasteiger partial charge in [-0.25, -0.2) is 9.18 Å². The minimum Gasteiger partial charge on any atom is -0.330 e. The molecule has 1 aliphatic heterocycles. The molecule has 0 radical (unpaired) electrons. The number of hydrogen-bond acceptors (Lipinski definition) is 2. The van der Waals surface area contributed by atoms with Gasteiger partial charge in [-0.2, -0.15) is 0 Å². The van der Waals surface area contributed by atoms with Crippen LogP contribution in [-0.4, -0.2) is 27.3 Å². The van der Waals surface area contributed by atoms with Crippen LogP contribution < -0.4 is 5.69 Å². The Morgan fingerprint density at radius 1 is 1.27 bits per heavy atom. The number of imidazole rings is 1. The van der Waals surface area contributed by atoms with Crippen LogP contribution >= 0.6 is 0 Å². The zero-order chi connectivity index (χ0) is 15.5. The Kier molecular flexibility index (Phi) is 4.09. The molecule has 22 heavy (non-hydrogen) atoms. The van der Waals surface area contributed by atoms with Gasteiger partial charge in [0.2, 0.25) is 0 Å². The normalized spacial score (nSPS) is 19.0. The number of aromatic amines is 2. The predicted molar refractivity (Wildman–Crippen MR) is 80.1 cm³/mol. The Bertz CT molecular complexity index is 722. The number of amides is 1. The van der Waals surface area contributed by atoms with Crippen molar-refractivity contribution in [3.8, 4) is 0 Å². The van der Waals surface area contributed by atoms with Gasteiger partial charge in [0.25, 0.3) is 5.91 Å². The summed E-state index contributed by atoms with van der Waals surface area (Å²) < 4.78 is 13.5. The molecule has 0 bridgehead atoms. The van der Waals surface area contributed by atoms with Gasteiger partial charge in [0.05, 0.1) is 6.04 Å². The van der Waals surface area contributed by atoms with Crippen molar-refractivity contribution in [2.24, 2.45) is 0 Å². The van der Waals surface area contributed by atoms with E-state index in [0.29, 0.717) is 6.54 Å². The largest absolute Gasteiger partial charge is 0.330 e. The van der Waals surface area contributed by atoms with E-state index in [1.165, 1.54) is 18.3 Å². The highest BCUT2D eigenvalue weighted by atomic mass is 19.1. The first-order valence-corrected chi connectivity index (χ1v) is 7.49. The molecular weight excluding hydrogens is 285 g/mol. The maximum atomic E-state index is 13.5. The number of H-pyrrole nitrogens is 2. The number of carbonyl (C=O) groups is 1. The fourth-order valence-corrected chi connectivity index (χ4v) is 3.01. The summed E-state index contributed by atoms with van der Waals surface area (Å²) in [6.07, 6.45) is 5.13. The Balaban J connectivity index is 1.94. The summed E-state index contributed by atoms with van der Waals surface area (Å²) in [4.78, 5) is 30.6. The van der Waals surface area contributed by atoms with Gasteiger partial charge in [-0.15, -0.1) is 0 Å². The fraction of sp³-hybridized carbons (Fsp3) is 0.375. The zero-order valence-electron chi connectivity index (χ0n) is 12.1. The average Bonchev–Trinajstić information content (AvgIpc) is 2.80. The van der Waals surface area contributed by atoms with Gasteiger partial charge in [-0.1, -0.05) is 25.0 Å². The van der Waals surface area contributed by atoms with E-state index >= 15 is 0 Å². The second kappa shape index (κ2) is 6.17. The van der Waals surface area contributed by atoms with Crippen LogP contribution in [0.4, 0.5) is 4.39 Å². The third-order valence-corrected chi connectivity index (χ3v) is 4.07.